The second-order valence-corrected chi connectivity index (χ2v) is 5.09. The maximum Gasteiger partial charge on any atom is 0.401 e. The average Bonchev–Trinajstić information content (AvgIpc) is 3.09. The first kappa shape index (κ1) is 15.0. The van der Waals surface area contributed by atoms with Crippen molar-refractivity contribution in [3.63, 3.8) is 0 Å². The molecular formula is C13H19F3N4. The molecule has 112 valence electrons. The van der Waals surface area contributed by atoms with E-state index in [0.717, 1.165) is 18.5 Å². The summed E-state index contributed by atoms with van der Waals surface area (Å²) in [7, 11) is 0. The second kappa shape index (κ2) is 5.95. The van der Waals surface area contributed by atoms with Gasteiger partial charge in [0.05, 0.1) is 13.1 Å². The van der Waals surface area contributed by atoms with Gasteiger partial charge in [-0.3, -0.25) is 4.90 Å². The maximum atomic E-state index is 12.6. The first-order valence-corrected chi connectivity index (χ1v) is 6.76. The van der Waals surface area contributed by atoms with Gasteiger partial charge in [0.15, 0.2) is 0 Å². The zero-order valence-corrected chi connectivity index (χ0v) is 11.7. The molecule has 0 atom stereocenters. The van der Waals surface area contributed by atoms with E-state index in [1.807, 2.05) is 13.8 Å². The van der Waals surface area contributed by atoms with Crippen LogP contribution in [0.25, 0.3) is 0 Å². The van der Waals surface area contributed by atoms with E-state index in [2.05, 4.69) is 15.3 Å². The Hall–Kier alpha value is -1.37. The van der Waals surface area contributed by atoms with Crippen molar-refractivity contribution in [3.8, 4) is 0 Å². The summed E-state index contributed by atoms with van der Waals surface area (Å²) in [5, 5.41) is 3.06. The van der Waals surface area contributed by atoms with Crippen molar-refractivity contribution in [1.82, 2.24) is 14.9 Å². The molecular weight excluding hydrogens is 269 g/mol. The molecule has 2 rings (SSSR count). The van der Waals surface area contributed by atoms with E-state index in [9.17, 15) is 13.2 Å². The van der Waals surface area contributed by atoms with Crippen molar-refractivity contribution >= 4 is 5.82 Å². The van der Waals surface area contributed by atoms with Gasteiger partial charge in [0.1, 0.15) is 11.6 Å². The van der Waals surface area contributed by atoms with Crippen LogP contribution in [0.4, 0.5) is 19.0 Å². The lowest BCUT2D eigenvalue weighted by Crippen LogP contribution is -2.36. The number of aromatic nitrogens is 2. The maximum absolute atomic E-state index is 12.6. The summed E-state index contributed by atoms with van der Waals surface area (Å²) in [6.07, 6.45) is -2.54. The minimum Gasteiger partial charge on any atom is -0.370 e. The van der Waals surface area contributed by atoms with Crippen LogP contribution in [0.5, 0.6) is 0 Å². The average molecular weight is 288 g/mol. The van der Waals surface area contributed by atoms with Gasteiger partial charge in [-0.1, -0.05) is 0 Å². The standard InChI is InChI=1S/C13H19F3N4/c1-3-17-11-6-9(2)18-12(19-11)7-20(10-4-5-10)8-13(14,15)16/h6,10H,3-5,7-8H2,1-2H3,(H,17,18,19). The number of aryl methyl sites for hydroxylation is 1. The highest BCUT2D eigenvalue weighted by Gasteiger charge is 2.38. The summed E-state index contributed by atoms with van der Waals surface area (Å²) in [5.41, 5.74) is 0.758. The van der Waals surface area contributed by atoms with Crippen molar-refractivity contribution in [3.05, 3.63) is 17.6 Å². The summed E-state index contributed by atoms with van der Waals surface area (Å²) < 4.78 is 37.7. The van der Waals surface area contributed by atoms with E-state index in [1.165, 1.54) is 4.90 Å². The smallest absolute Gasteiger partial charge is 0.370 e. The lowest BCUT2D eigenvalue weighted by Gasteiger charge is -2.22. The molecule has 1 heterocycles. The van der Waals surface area contributed by atoms with E-state index < -0.39 is 12.7 Å². The van der Waals surface area contributed by atoms with Crippen LogP contribution in [0.1, 0.15) is 31.3 Å². The number of hydrogen-bond acceptors (Lipinski definition) is 4. The van der Waals surface area contributed by atoms with E-state index in [-0.39, 0.29) is 12.6 Å². The molecule has 1 aliphatic rings. The monoisotopic (exact) mass is 288 g/mol. The molecule has 1 N–H and O–H groups in total. The Bertz CT molecular complexity index is 457. The van der Waals surface area contributed by atoms with Gasteiger partial charge in [0.2, 0.25) is 0 Å². The van der Waals surface area contributed by atoms with Crippen molar-refractivity contribution in [1.29, 1.82) is 0 Å². The fraction of sp³-hybridized carbons (Fsp3) is 0.692. The van der Waals surface area contributed by atoms with Crippen molar-refractivity contribution in [2.45, 2.75) is 45.5 Å². The minimum absolute atomic E-state index is 0.0170. The van der Waals surface area contributed by atoms with Gasteiger partial charge < -0.3 is 5.32 Å². The van der Waals surface area contributed by atoms with E-state index >= 15 is 0 Å². The molecule has 0 amide bonds. The third kappa shape index (κ3) is 4.63. The predicted octanol–water partition coefficient (Wildman–Crippen LogP) is 2.74. The number of alkyl halides is 3. The summed E-state index contributed by atoms with van der Waals surface area (Å²) in [6, 6.07) is 1.81. The number of nitrogens with one attached hydrogen (secondary N) is 1. The van der Waals surface area contributed by atoms with Crippen LogP contribution in [0.15, 0.2) is 6.07 Å². The summed E-state index contributed by atoms with van der Waals surface area (Å²) in [6.45, 7) is 3.72. The second-order valence-electron chi connectivity index (χ2n) is 5.09. The normalized spacial score (nSPS) is 15.7. The molecule has 0 bridgehead atoms. The van der Waals surface area contributed by atoms with Crippen molar-refractivity contribution in [2.75, 3.05) is 18.4 Å². The van der Waals surface area contributed by atoms with Crippen LogP contribution in [-0.2, 0) is 6.54 Å². The van der Waals surface area contributed by atoms with Gasteiger partial charge in [0.25, 0.3) is 0 Å². The SMILES string of the molecule is CCNc1cc(C)nc(CN(CC(F)(F)F)C2CC2)n1. The van der Waals surface area contributed by atoms with Gasteiger partial charge in [0, 0.05) is 24.3 Å². The topological polar surface area (TPSA) is 41.1 Å². The van der Waals surface area contributed by atoms with E-state index in [0.29, 0.717) is 18.2 Å². The molecule has 0 aliphatic heterocycles. The molecule has 1 fully saturated rings. The molecule has 7 heteroatoms. The van der Waals surface area contributed by atoms with E-state index in [1.54, 1.807) is 6.07 Å². The third-order valence-corrected chi connectivity index (χ3v) is 3.05. The Kier molecular flexibility index (Phi) is 4.47. The van der Waals surface area contributed by atoms with Crippen LogP contribution in [0.3, 0.4) is 0 Å². The number of nitrogens with zero attached hydrogens (tertiary/aromatic N) is 3. The summed E-state index contributed by atoms with van der Waals surface area (Å²) in [4.78, 5) is 9.93. The number of halogens is 3. The van der Waals surface area contributed by atoms with Crippen LogP contribution < -0.4 is 5.32 Å². The fourth-order valence-corrected chi connectivity index (χ4v) is 2.14. The zero-order chi connectivity index (χ0) is 14.8. The number of hydrogen-bond donors (Lipinski definition) is 1. The van der Waals surface area contributed by atoms with Crippen LogP contribution in [0.2, 0.25) is 0 Å². The Morgan fingerprint density at radius 3 is 2.60 bits per heavy atom. The largest absolute Gasteiger partial charge is 0.401 e. The minimum atomic E-state index is -4.18. The molecule has 0 unspecified atom stereocenters. The predicted molar refractivity (Wildman–Crippen MR) is 70.4 cm³/mol. The fourth-order valence-electron chi connectivity index (χ4n) is 2.14. The molecule has 1 aliphatic carbocycles. The lowest BCUT2D eigenvalue weighted by atomic mass is 10.3. The first-order valence-electron chi connectivity index (χ1n) is 6.76. The highest BCUT2D eigenvalue weighted by atomic mass is 19.4. The molecule has 1 saturated carbocycles. The number of anilines is 1. The quantitative estimate of drug-likeness (QED) is 0.874. The molecule has 20 heavy (non-hydrogen) atoms. The zero-order valence-electron chi connectivity index (χ0n) is 11.7. The highest BCUT2D eigenvalue weighted by molar-refractivity contribution is 5.35. The summed E-state index contributed by atoms with van der Waals surface area (Å²) >= 11 is 0. The first-order chi connectivity index (χ1) is 9.37. The molecule has 4 nitrogen and oxygen atoms in total. The lowest BCUT2D eigenvalue weighted by molar-refractivity contribution is -0.148. The van der Waals surface area contributed by atoms with Gasteiger partial charge >= 0.3 is 6.18 Å². The van der Waals surface area contributed by atoms with Gasteiger partial charge in [-0.05, 0) is 26.7 Å². The van der Waals surface area contributed by atoms with Crippen LogP contribution in [-0.4, -0.2) is 40.2 Å². The van der Waals surface area contributed by atoms with Crippen molar-refractivity contribution in [2.24, 2.45) is 0 Å². The Morgan fingerprint density at radius 2 is 2.05 bits per heavy atom. The van der Waals surface area contributed by atoms with E-state index in [4.69, 9.17) is 0 Å². The number of rotatable bonds is 6. The third-order valence-electron chi connectivity index (χ3n) is 3.05. The molecule has 0 radical (unpaired) electrons. The Labute approximate surface area is 116 Å². The molecule has 1 aromatic heterocycles. The van der Waals surface area contributed by atoms with Gasteiger partial charge in [-0.15, -0.1) is 0 Å². The van der Waals surface area contributed by atoms with Gasteiger partial charge in [-0.25, -0.2) is 9.97 Å². The Morgan fingerprint density at radius 1 is 1.35 bits per heavy atom. The van der Waals surface area contributed by atoms with Crippen molar-refractivity contribution < 1.29 is 13.2 Å². The van der Waals surface area contributed by atoms with Gasteiger partial charge in [-0.2, -0.15) is 13.2 Å². The highest BCUT2D eigenvalue weighted by Crippen LogP contribution is 2.31. The molecule has 0 spiro atoms. The van der Waals surface area contributed by atoms with Crippen LogP contribution in [0, 0.1) is 6.92 Å². The molecule has 0 aromatic carbocycles. The molecule has 0 saturated heterocycles. The van der Waals surface area contributed by atoms with Crippen LogP contribution >= 0.6 is 0 Å². The summed E-state index contributed by atoms with van der Waals surface area (Å²) in [5.74, 6) is 1.11. The Balaban J connectivity index is 2.09. The molecule has 1 aromatic rings.